The minimum absolute atomic E-state index is 0.230. The van der Waals surface area contributed by atoms with Crippen LogP contribution in [0.25, 0.3) is 16.9 Å². The predicted octanol–water partition coefficient (Wildman–Crippen LogP) is 3.28. The molecule has 0 spiro atoms. The molecule has 116 valence electrons. The van der Waals surface area contributed by atoms with Crippen molar-refractivity contribution in [1.82, 2.24) is 9.38 Å². The van der Waals surface area contributed by atoms with E-state index in [0.29, 0.717) is 11.3 Å². The first-order valence-corrected chi connectivity index (χ1v) is 7.62. The number of fused-ring (bicyclic) bond motifs is 2. The summed E-state index contributed by atoms with van der Waals surface area (Å²) in [5.41, 5.74) is 2.82. The normalized spacial score (nSPS) is 12.6. The molecule has 23 heavy (non-hydrogen) atoms. The zero-order valence-electron chi connectivity index (χ0n) is 12.1. The van der Waals surface area contributed by atoms with Gasteiger partial charge in [-0.3, -0.25) is 4.40 Å². The summed E-state index contributed by atoms with van der Waals surface area (Å²) in [5, 5.41) is 0. The van der Waals surface area contributed by atoms with Crippen molar-refractivity contribution in [2.24, 2.45) is 0 Å². The van der Waals surface area contributed by atoms with Crippen molar-refractivity contribution < 1.29 is 19.0 Å². The maximum Gasteiger partial charge on any atom is 0.339 e. The number of ether oxygens (including phenoxy) is 3. The van der Waals surface area contributed by atoms with Gasteiger partial charge < -0.3 is 14.2 Å². The molecule has 0 saturated heterocycles. The highest BCUT2D eigenvalue weighted by atomic mass is 79.9. The van der Waals surface area contributed by atoms with E-state index in [-0.39, 0.29) is 6.79 Å². The minimum atomic E-state index is -0.392. The van der Waals surface area contributed by atoms with Gasteiger partial charge in [-0.25, -0.2) is 9.78 Å². The van der Waals surface area contributed by atoms with Crippen LogP contribution in [0.4, 0.5) is 0 Å². The van der Waals surface area contributed by atoms with Crippen LogP contribution in [0, 0.1) is 0 Å². The fraction of sp³-hybridized carbons (Fsp3) is 0.125. The Labute approximate surface area is 139 Å². The highest BCUT2D eigenvalue weighted by Gasteiger charge is 2.18. The quantitative estimate of drug-likeness (QED) is 0.644. The van der Waals surface area contributed by atoms with Crippen molar-refractivity contribution in [2.75, 3.05) is 13.9 Å². The van der Waals surface area contributed by atoms with Crippen molar-refractivity contribution in [3.63, 3.8) is 0 Å². The Bertz CT molecular complexity index is 935. The van der Waals surface area contributed by atoms with Gasteiger partial charge in [-0.05, 0) is 46.3 Å². The van der Waals surface area contributed by atoms with Gasteiger partial charge in [-0.2, -0.15) is 0 Å². The molecular formula is C16H11BrN2O4. The molecule has 0 N–H and O–H groups in total. The minimum Gasteiger partial charge on any atom is -0.465 e. The van der Waals surface area contributed by atoms with Gasteiger partial charge in [-0.15, -0.1) is 0 Å². The standard InChI is InChI=1S/C16H11BrN2O4/c1-21-16(20)10-3-5-13-18-14(15(17)19(13)7-10)9-2-4-11-12(6-9)23-8-22-11/h2-7H,8H2,1H3. The first-order chi connectivity index (χ1) is 11.2. The molecule has 4 rings (SSSR count). The molecule has 0 saturated carbocycles. The second-order valence-electron chi connectivity index (χ2n) is 4.96. The molecule has 7 heteroatoms. The molecule has 1 aromatic carbocycles. The van der Waals surface area contributed by atoms with E-state index in [0.717, 1.165) is 27.3 Å². The van der Waals surface area contributed by atoms with Gasteiger partial charge in [0.2, 0.25) is 6.79 Å². The summed E-state index contributed by atoms with van der Waals surface area (Å²) in [7, 11) is 1.35. The molecule has 3 heterocycles. The third kappa shape index (κ3) is 2.24. The number of esters is 1. The molecule has 2 aromatic heterocycles. The second-order valence-corrected chi connectivity index (χ2v) is 5.71. The zero-order chi connectivity index (χ0) is 16.0. The van der Waals surface area contributed by atoms with Crippen LogP contribution in [0.1, 0.15) is 10.4 Å². The molecule has 0 unspecified atom stereocenters. The molecule has 3 aromatic rings. The number of benzene rings is 1. The first kappa shape index (κ1) is 14.1. The van der Waals surface area contributed by atoms with Crippen LogP contribution in [0.5, 0.6) is 11.5 Å². The number of carbonyl (C=O) groups is 1. The third-order valence-electron chi connectivity index (χ3n) is 3.63. The number of hydrogen-bond donors (Lipinski definition) is 0. The first-order valence-electron chi connectivity index (χ1n) is 6.83. The van der Waals surface area contributed by atoms with Gasteiger partial charge in [0, 0.05) is 11.8 Å². The number of methoxy groups -OCH3 is 1. The highest BCUT2D eigenvalue weighted by Crippen LogP contribution is 2.37. The van der Waals surface area contributed by atoms with Crippen LogP contribution in [0.15, 0.2) is 41.1 Å². The van der Waals surface area contributed by atoms with E-state index in [2.05, 4.69) is 20.9 Å². The summed E-state index contributed by atoms with van der Waals surface area (Å²) in [6.07, 6.45) is 1.69. The predicted molar refractivity (Wildman–Crippen MR) is 85.8 cm³/mol. The molecule has 0 radical (unpaired) electrons. The fourth-order valence-corrected chi connectivity index (χ4v) is 3.08. The summed E-state index contributed by atoms with van der Waals surface area (Å²) < 4.78 is 18.0. The average molecular weight is 375 g/mol. The van der Waals surface area contributed by atoms with E-state index < -0.39 is 5.97 Å². The van der Waals surface area contributed by atoms with Gasteiger partial charge in [0.15, 0.2) is 11.5 Å². The van der Waals surface area contributed by atoms with E-state index in [4.69, 9.17) is 14.2 Å². The van der Waals surface area contributed by atoms with Crippen molar-refractivity contribution in [2.45, 2.75) is 0 Å². The van der Waals surface area contributed by atoms with Crippen molar-refractivity contribution in [3.05, 3.63) is 46.7 Å². The van der Waals surface area contributed by atoms with Crippen LogP contribution in [0.2, 0.25) is 0 Å². The molecule has 0 amide bonds. The van der Waals surface area contributed by atoms with Gasteiger partial charge in [-0.1, -0.05) is 0 Å². The summed E-state index contributed by atoms with van der Waals surface area (Å²) in [6.45, 7) is 0.230. The van der Waals surface area contributed by atoms with E-state index in [1.807, 2.05) is 18.2 Å². The highest BCUT2D eigenvalue weighted by molar-refractivity contribution is 9.10. The Hall–Kier alpha value is -2.54. The smallest absolute Gasteiger partial charge is 0.339 e. The molecule has 0 aliphatic carbocycles. The van der Waals surface area contributed by atoms with Gasteiger partial charge in [0.1, 0.15) is 15.9 Å². The Morgan fingerprint density at radius 1 is 1.26 bits per heavy atom. The SMILES string of the molecule is COC(=O)c1ccc2nc(-c3ccc4c(c3)OCO4)c(Br)n2c1. The Morgan fingerprint density at radius 2 is 2.09 bits per heavy atom. The lowest BCUT2D eigenvalue weighted by Gasteiger charge is -2.02. The average Bonchev–Trinajstić information content (AvgIpc) is 3.17. The molecular weight excluding hydrogens is 364 g/mol. The molecule has 0 bridgehead atoms. The van der Waals surface area contributed by atoms with Crippen LogP contribution in [-0.2, 0) is 4.74 Å². The largest absolute Gasteiger partial charge is 0.465 e. The van der Waals surface area contributed by atoms with E-state index in [1.165, 1.54) is 7.11 Å². The Kier molecular flexibility index (Phi) is 3.23. The molecule has 0 fully saturated rings. The number of carbonyl (C=O) groups excluding carboxylic acids is 1. The topological polar surface area (TPSA) is 62.1 Å². The maximum absolute atomic E-state index is 11.7. The summed E-state index contributed by atoms with van der Waals surface area (Å²) in [6, 6.07) is 9.11. The lowest BCUT2D eigenvalue weighted by atomic mass is 10.1. The molecule has 1 aliphatic heterocycles. The number of rotatable bonds is 2. The summed E-state index contributed by atoms with van der Waals surface area (Å²) >= 11 is 3.55. The van der Waals surface area contributed by atoms with Crippen molar-refractivity contribution in [1.29, 1.82) is 0 Å². The number of nitrogens with zero attached hydrogens (tertiary/aromatic N) is 2. The van der Waals surface area contributed by atoms with Crippen LogP contribution in [-0.4, -0.2) is 29.3 Å². The van der Waals surface area contributed by atoms with Gasteiger partial charge in [0.25, 0.3) is 0 Å². The molecule has 6 nitrogen and oxygen atoms in total. The fourth-order valence-electron chi connectivity index (χ4n) is 2.48. The molecule has 1 aliphatic rings. The summed E-state index contributed by atoms with van der Waals surface area (Å²) in [4.78, 5) is 16.3. The second kappa shape index (κ2) is 5.27. The van der Waals surface area contributed by atoms with Crippen molar-refractivity contribution >= 4 is 27.5 Å². The van der Waals surface area contributed by atoms with E-state index >= 15 is 0 Å². The van der Waals surface area contributed by atoms with E-state index in [1.54, 1.807) is 22.7 Å². The van der Waals surface area contributed by atoms with Crippen LogP contribution < -0.4 is 9.47 Å². The monoisotopic (exact) mass is 374 g/mol. The van der Waals surface area contributed by atoms with Gasteiger partial charge >= 0.3 is 5.97 Å². The number of imidazole rings is 1. The number of aromatic nitrogens is 2. The Morgan fingerprint density at radius 3 is 2.91 bits per heavy atom. The van der Waals surface area contributed by atoms with Crippen molar-refractivity contribution in [3.8, 4) is 22.8 Å². The number of hydrogen-bond acceptors (Lipinski definition) is 5. The Balaban J connectivity index is 1.84. The zero-order valence-corrected chi connectivity index (χ0v) is 13.7. The van der Waals surface area contributed by atoms with Crippen LogP contribution in [0.3, 0.4) is 0 Å². The number of halogens is 1. The lowest BCUT2D eigenvalue weighted by molar-refractivity contribution is 0.0600. The maximum atomic E-state index is 11.7. The van der Waals surface area contributed by atoms with Gasteiger partial charge in [0.05, 0.1) is 12.7 Å². The number of pyridine rings is 1. The molecule has 0 atom stereocenters. The van der Waals surface area contributed by atoms with E-state index in [9.17, 15) is 4.79 Å². The lowest BCUT2D eigenvalue weighted by Crippen LogP contribution is -2.02. The van der Waals surface area contributed by atoms with Crippen LogP contribution >= 0.6 is 15.9 Å². The third-order valence-corrected chi connectivity index (χ3v) is 4.38. The summed E-state index contributed by atoms with van der Waals surface area (Å²) in [5.74, 6) is 1.03.